The molecule has 2 aliphatic rings. The number of carbonyl (C=O) groups is 1. The number of benzene rings is 1. The van der Waals surface area contributed by atoms with Crippen LogP contribution in [0.4, 0.5) is 4.79 Å². The molecule has 0 radical (unpaired) electrons. The van der Waals surface area contributed by atoms with Crippen LogP contribution in [-0.4, -0.2) is 50.1 Å². The highest BCUT2D eigenvalue weighted by atomic mass is 32.2. The first-order valence-corrected chi connectivity index (χ1v) is 8.93. The molecule has 1 aromatic heterocycles. The molecule has 0 saturated heterocycles. The second-order valence-electron chi connectivity index (χ2n) is 5.78. The van der Waals surface area contributed by atoms with Gasteiger partial charge < -0.3 is 14.9 Å². The van der Waals surface area contributed by atoms with E-state index in [1.165, 1.54) is 4.90 Å². The van der Waals surface area contributed by atoms with Crippen LogP contribution in [-0.2, 0) is 6.54 Å². The summed E-state index contributed by atoms with van der Waals surface area (Å²) in [6.45, 7) is 1.01. The number of ether oxygens (including phenoxy) is 1. The molecule has 3 heterocycles. The minimum atomic E-state index is -0.952. The number of aromatic nitrogens is 2. The highest BCUT2D eigenvalue weighted by molar-refractivity contribution is 8.03. The lowest BCUT2D eigenvalue weighted by Crippen LogP contribution is -2.24. The molecule has 7 nitrogen and oxygen atoms in total. The van der Waals surface area contributed by atoms with E-state index in [-0.39, 0.29) is 6.61 Å². The number of rotatable bonds is 3. The van der Waals surface area contributed by atoms with Gasteiger partial charge in [-0.1, -0.05) is 6.07 Å². The lowest BCUT2D eigenvalue weighted by molar-refractivity contribution is 0.172. The number of aliphatic hydroxyl groups excluding tert-OH is 1. The third kappa shape index (κ3) is 2.87. The van der Waals surface area contributed by atoms with Crippen LogP contribution in [0.25, 0.3) is 16.8 Å². The monoisotopic (exact) mass is 359 g/mol. The van der Waals surface area contributed by atoms with Crippen molar-refractivity contribution in [1.29, 1.82) is 0 Å². The smallest absolute Gasteiger partial charge is 0.412 e. The molecule has 0 unspecified atom stereocenters. The van der Waals surface area contributed by atoms with E-state index in [0.29, 0.717) is 31.2 Å². The summed E-state index contributed by atoms with van der Waals surface area (Å²) in [5.41, 5.74) is 3.37. The normalized spacial score (nSPS) is 16.3. The van der Waals surface area contributed by atoms with Gasteiger partial charge in [0.2, 0.25) is 0 Å². The highest BCUT2D eigenvalue weighted by Gasteiger charge is 2.32. The topological polar surface area (TPSA) is 87.8 Å². The molecule has 130 valence electrons. The number of amides is 1. The van der Waals surface area contributed by atoms with Gasteiger partial charge in [-0.25, -0.2) is 4.79 Å². The van der Waals surface area contributed by atoms with Crippen molar-refractivity contribution in [3.8, 4) is 16.9 Å². The first-order valence-electron chi connectivity index (χ1n) is 7.94. The third-order valence-electron chi connectivity index (χ3n) is 4.25. The number of aliphatic hydroxyl groups is 1. The Kier molecular flexibility index (Phi) is 4.14. The lowest BCUT2D eigenvalue weighted by atomic mass is 10.0. The maximum absolute atomic E-state index is 11.6. The summed E-state index contributed by atoms with van der Waals surface area (Å²) in [7, 11) is 0. The molecule has 1 amide bonds. The first kappa shape index (κ1) is 16.0. The third-order valence-corrected chi connectivity index (χ3v) is 5.38. The predicted molar refractivity (Wildman–Crippen MR) is 94.1 cm³/mol. The number of hydrogen-bond donors (Lipinski definition) is 2. The summed E-state index contributed by atoms with van der Waals surface area (Å²) in [6, 6.07) is 5.78. The quantitative estimate of drug-likeness (QED) is 0.876. The molecule has 1 aromatic carbocycles. The summed E-state index contributed by atoms with van der Waals surface area (Å²) in [6.07, 6.45) is 3.36. The standard InChI is InChI=1S/C17H17N3O4S/c21-5-4-19-9-12(8-18-19)11-1-2-14-13(7-11)16-15(3-6-24-14)25-10-20(16)17(22)23/h1-2,7-9,21H,3-6,10H2,(H,22,23). The number of fused-ring (bicyclic) bond motifs is 2. The van der Waals surface area contributed by atoms with E-state index < -0.39 is 6.09 Å². The molecule has 2 aromatic rings. The summed E-state index contributed by atoms with van der Waals surface area (Å²) >= 11 is 1.55. The second-order valence-corrected chi connectivity index (χ2v) is 6.82. The Morgan fingerprint density at radius 2 is 2.24 bits per heavy atom. The van der Waals surface area contributed by atoms with E-state index in [0.717, 1.165) is 27.3 Å². The fourth-order valence-corrected chi connectivity index (χ4v) is 4.18. The molecular formula is C17H17N3O4S. The lowest BCUT2D eigenvalue weighted by Gasteiger charge is -2.18. The molecule has 0 spiro atoms. The maximum atomic E-state index is 11.6. The average Bonchev–Trinajstić information content (AvgIpc) is 3.19. The van der Waals surface area contributed by atoms with Crippen LogP contribution in [0.2, 0.25) is 0 Å². The number of nitrogens with zero attached hydrogens (tertiary/aromatic N) is 3. The van der Waals surface area contributed by atoms with Crippen LogP contribution in [0.1, 0.15) is 12.0 Å². The van der Waals surface area contributed by atoms with E-state index >= 15 is 0 Å². The Bertz CT molecular complexity index is 861. The van der Waals surface area contributed by atoms with Gasteiger partial charge >= 0.3 is 6.09 Å². The second kappa shape index (κ2) is 6.45. The van der Waals surface area contributed by atoms with E-state index in [1.54, 1.807) is 22.6 Å². The predicted octanol–water partition coefficient (Wildman–Crippen LogP) is 2.68. The summed E-state index contributed by atoms with van der Waals surface area (Å²) in [4.78, 5) is 14.0. The van der Waals surface area contributed by atoms with Crippen LogP contribution < -0.4 is 4.74 Å². The van der Waals surface area contributed by atoms with Gasteiger partial charge in [0.1, 0.15) is 5.75 Å². The van der Waals surface area contributed by atoms with Gasteiger partial charge in [-0.15, -0.1) is 11.8 Å². The zero-order valence-corrected chi connectivity index (χ0v) is 14.2. The van der Waals surface area contributed by atoms with E-state index in [1.807, 2.05) is 24.4 Å². The Labute approximate surface area is 148 Å². The minimum Gasteiger partial charge on any atom is -0.493 e. The van der Waals surface area contributed by atoms with Crippen molar-refractivity contribution < 1.29 is 19.7 Å². The number of carboxylic acid groups (broad SMARTS) is 1. The summed E-state index contributed by atoms with van der Waals surface area (Å²) in [5.74, 6) is 1.11. The summed E-state index contributed by atoms with van der Waals surface area (Å²) < 4.78 is 7.50. The Hall–Kier alpha value is -2.45. The zero-order valence-electron chi connectivity index (χ0n) is 13.4. The minimum absolute atomic E-state index is 0.0280. The Balaban J connectivity index is 1.78. The van der Waals surface area contributed by atoms with Crippen molar-refractivity contribution in [3.63, 3.8) is 0 Å². The SMILES string of the molecule is O=C(O)N1CSC2=C1c1cc(-c3cnn(CCO)c3)ccc1OCC2. The van der Waals surface area contributed by atoms with Gasteiger partial charge in [-0.2, -0.15) is 5.10 Å². The first-order chi connectivity index (χ1) is 12.2. The molecule has 25 heavy (non-hydrogen) atoms. The molecule has 0 aliphatic carbocycles. The van der Waals surface area contributed by atoms with Crippen molar-refractivity contribution in [2.45, 2.75) is 13.0 Å². The molecule has 8 heteroatoms. The van der Waals surface area contributed by atoms with Crippen molar-refractivity contribution in [3.05, 3.63) is 41.1 Å². The molecule has 0 fully saturated rings. The van der Waals surface area contributed by atoms with Gasteiger partial charge in [0.05, 0.1) is 37.5 Å². The van der Waals surface area contributed by atoms with Crippen molar-refractivity contribution in [2.75, 3.05) is 19.1 Å². The fraction of sp³-hybridized carbons (Fsp3) is 0.294. The zero-order chi connectivity index (χ0) is 17.4. The fourth-order valence-electron chi connectivity index (χ4n) is 3.07. The molecular weight excluding hydrogens is 342 g/mol. The van der Waals surface area contributed by atoms with Gasteiger partial charge in [0.15, 0.2) is 0 Å². The van der Waals surface area contributed by atoms with Crippen LogP contribution in [0.3, 0.4) is 0 Å². The van der Waals surface area contributed by atoms with Crippen LogP contribution in [0.5, 0.6) is 5.75 Å². The number of thioether (sulfide) groups is 1. The van der Waals surface area contributed by atoms with Crippen LogP contribution in [0.15, 0.2) is 35.5 Å². The van der Waals surface area contributed by atoms with Crippen molar-refractivity contribution in [1.82, 2.24) is 14.7 Å². The van der Waals surface area contributed by atoms with Gasteiger partial charge in [-0.3, -0.25) is 9.58 Å². The number of hydrogen-bond acceptors (Lipinski definition) is 5. The molecule has 0 bridgehead atoms. The Morgan fingerprint density at radius 1 is 1.36 bits per heavy atom. The van der Waals surface area contributed by atoms with Gasteiger partial charge in [0, 0.05) is 28.6 Å². The van der Waals surface area contributed by atoms with E-state index in [9.17, 15) is 9.90 Å². The highest BCUT2D eigenvalue weighted by Crippen LogP contribution is 2.45. The molecule has 2 aliphatic heterocycles. The Morgan fingerprint density at radius 3 is 3.04 bits per heavy atom. The van der Waals surface area contributed by atoms with Gasteiger partial charge in [0.25, 0.3) is 0 Å². The molecule has 4 rings (SSSR count). The molecule has 0 atom stereocenters. The summed E-state index contributed by atoms with van der Waals surface area (Å²) in [5, 5.41) is 22.8. The van der Waals surface area contributed by atoms with Crippen molar-refractivity contribution in [2.24, 2.45) is 0 Å². The van der Waals surface area contributed by atoms with Crippen molar-refractivity contribution >= 4 is 23.6 Å². The molecule has 0 saturated carbocycles. The maximum Gasteiger partial charge on any atom is 0.412 e. The van der Waals surface area contributed by atoms with E-state index in [4.69, 9.17) is 9.84 Å². The largest absolute Gasteiger partial charge is 0.493 e. The molecule has 2 N–H and O–H groups in total. The van der Waals surface area contributed by atoms with Crippen LogP contribution >= 0.6 is 11.8 Å². The average molecular weight is 359 g/mol. The van der Waals surface area contributed by atoms with Gasteiger partial charge in [-0.05, 0) is 17.7 Å². The van der Waals surface area contributed by atoms with Crippen LogP contribution in [0, 0.1) is 0 Å². The van der Waals surface area contributed by atoms with E-state index in [2.05, 4.69) is 5.10 Å².